The van der Waals surface area contributed by atoms with Crippen LogP contribution in [0.4, 0.5) is 10.2 Å². The molecule has 7 nitrogen and oxygen atoms in total. The number of nitrogens with zero attached hydrogens (tertiary/aromatic N) is 5. The highest BCUT2D eigenvalue weighted by atomic mass is 19.1. The van der Waals surface area contributed by atoms with Crippen LogP contribution in [0.3, 0.4) is 0 Å². The first kappa shape index (κ1) is 15.9. The summed E-state index contributed by atoms with van der Waals surface area (Å²) in [6.45, 7) is 0.261. The molecular formula is C18H15FN6O. The fraction of sp³-hybridized carbons (Fsp3) is 0.111. The van der Waals surface area contributed by atoms with Gasteiger partial charge in [-0.05, 0) is 24.3 Å². The lowest BCUT2D eigenvalue weighted by atomic mass is 10.1. The van der Waals surface area contributed by atoms with E-state index in [1.807, 2.05) is 12.1 Å². The van der Waals surface area contributed by atoms with Gasteiger partial charge in [-0.15, -0.1) is 10.2 Å². The van der Waals surface area contributed by atoms with Crippen molar-refractivity contribution in [3.63, 3.8) is 0 Å². The number of methoxy groups -OCH3 is 1. The maximum absolute atomic E-state index is 14.1. The summed E-state index contributed by atoms with van der Waals surface area (Å²) in [4.78, 5) is 8.08. The molecule has 130 valence electrons. The van der Waals surface area contributed by atoms with E-state index in [-0.39, 0.29) is 12.4 Å². The average molecular weight is 350 g/mol. The van der Waals surface area contributed by atoms with Gasteiger partial charge in [0.2, 0.25) is 0 Å². The number of fused-ring (bicyclic) bond motifs is 1. The smallest absolute Gasteiger partial charge is 0.170 e. The molecule has 0 saturated carbocycles. The Kier molecular flexibility index (Phi) is 4.14. The zero-order chi connectivity index (χ0) is 17.9. The predicted molar refractivity (Wildman–Crippen MR) is 94.3 cm³/mol. The van der Waals surface area contributed by atoms with E-state index >= 15 is 0 Å². The first-order chi connectivity index (χ1) is 12.8. The Balaban J connectivity index is 1.68. The van der Waals surface area contributed by atoms with Crippen LogP contribution in [0.1, 0.15) is 5.56 Å². The van der Waals surface area contributed by atoms with Gasteiger partial charge in [-0.2, -0.15) is 0 Å². The van der Waals surface area contributed by atoms with E-state index in [0.29, 0.717) is 17.0 Å². The molecule has 0 spiro atoms. The maximum atomic E-state index is 14.1. The van der Waals surface area contributed by atoms with Gasteiger partial charge in [0.1, 0.15) is 30.0 Å². The molecule has 0 amide bonds. The third kappa shape index (κ3) is 2.81. The number of ether oxygens (including phenoxy) is 1. The molecule has 0 aliphatic heterocycles. The highest BCUT2D eigenvalue weighted by Crippen LogP contribution is 2.26. The molecule has 0 fully saturated rings. The second-order valence-electron chi connectivity index (χ2n) is 5.56. The molecule has 0 radical (unpaired) electrons. The molecule has 26 heavy (non-hydrogen) atoms. The highest BCUT2D eigenvalue weighted by Gasteiger charge is 2.12. The molecule has 0 bridgehead atoms. The van der Waals surface area contributed by atoms with Crippen LogP contribution < -0.4 is 10.1 Å². The lowest BCUT2D eigenvalue weighted by Crippen LogP contribution is -2.07. The number of nitrogens with one attached hydrogen (secondary N) is 1. The molecule has 0 aliphatic carbocycles. The number of rotatable bonds is 5. The molecule has 8 heteroatoms. The summed E-state index contributed by atoms with van der Waals surface area (Å²) in [7, 11) is 1.52. The minimum atomic E-state index is -0.324. The largest absolute Gasteiger partial charge is 0.496 e. The summed E-state index contributed by atoms with van der Waals surface area (Å²) in [5, 5.41) is 11.4. The molecule has 0 aliphatic rings. The van der Waals surface area contributed by atoms with Gasteiger partial charge in [0.15, 0.2) is 5.65 Å². The number of pyridine rings is 1. The van der Waals surface area contributed by atoms with E-state index in [1.54, 1.807) is 35.3 Å². The second kappa shape index (κ2) is 6.75. The molecule has 0 atom stereocenters. The van der Waals surface area contributed by atoms with Crippen molar-refractivity contribution < 1.29 is 9.13 Å². The summed E-state index contributed by atoms with van der Waals surface area (Å²) in [6.07, 6.45) is 6.51. The van der Waals surface area contributed by atoms with Crippen molar-refractivity contribution in [2.75, 3.05) is 12.4 Å². The van der Waals surface area contributed by atoms with E-state index in [4.69, 9.17) is 4.74 Å². The Morgan fingerprint density at radius 1 is 1.15 bits per heavy atom. The Morgan fingerprint density at radius 2 is 2.00 bits per heavy atom. The molecule has 3 heterocycles. The zero-order valence-corrected chi connectivity index (χ0v) is 13.9. The number of hydrogen-bond donors (Lipinski definition) is 1. The van der Waals surface area contributed by atoms with Crippen molar-refractivity contribution in [3.05, 3.63) is 66.8 Å². The highest BCUT2D eigenvalue weighted by molar-refractivity contribution is 5.78. The van der Waals surface area contributed by atoms with E-state index in [0.717, 1.165) is 16.9 Å². The van der Waals surface area contributed by atoms with Gasteiger partial charge in [0.25, 0.3) is 0 Å². The van der Waals surface area contributed by atoms with E-state index in [9.17, 15) is 4.39 Å². The molecule has 1 N–H and O–H groups in total. The van der Waals surface area contributed by atoms with Crippen molar-refractivity contribution in [1.82, 2.24) is 24.6 Å². The van der Waals surface area contributed by atoms with Crippen molar-refractivity contribution in [2.24, 2.45) is 0 Å². The summed E-state index contributed by atoms with van der Waals surface area (Å²) in [5.74, 6) is 0.904. The lowest BCUT2D eigenvalue weighted by molar-refractivity contribution is 0.405. The summed E-state index contributed by atoms with van der Waals surface area (Å²) >= 11 is 0. The van der Waals surface area contributed by atoms with Crippen molar-refractivity contribution in [1.29, 1.82) is 0 Å². The topological polar surface area (TPSA) is 77.2 Å². The fourth-order valence-electron chi connectivity index (χ4n) is 2.80. The third-order valence-electron chi connectivity index (χ3n) is 4.07. The molecule has 0 unspecified atom stereocenters. The Labute approximate surface area is 148 Å². The molecule has 0 saturated heterocycles. The number of hydrogen-bond acceptors (Lipinski definition) is 6. The van der Waals surface area contributed by atoms with Crippen LogP contribution in [0.15, 0.2) is 55.4 Å². The minimum absolute atomic E-state index is 0.261. The number of halogens is 1. The molecule has 4 rings (SSSR count). The standard InChI is InChI=1S/C18H15FN6O/c1-26-16-4-2-3-15(19)14(16)9-22-17-6-5-13(12-7-20-10-21-8-12)18-24-23-11-25(17)18/h2-8,10-11,22H,9H2,1H3. The SMILES string of the molecule is COc1cccc(F)c1CNc1ccc(-c2cncnc2)c2nncn12. The third-order valence-corrected chi connectivity index (χ3v) is 4.07. The van der Waals surface area contributed by atoms with E-state index in [1.165, 1.54) is 19.5 Å². The summed E-state index contributed by atoms with van der Waals surface area (Å²) in [5.41, 5.74) is 2.81. The average Bonchev–Trinajstić information content (AvgIpc) is 3.17. The van der Waals surface area contributed by atoms with Gasteiger partial charge < -0.3 is 10.1 Å². The summed E-state index contributed by atoms with van der Waals surface area (Å²) in [6, 6.07) is 8.54. The zero-order valence-electron chi connectivity index (χ0n) is 13.9. The van der Waals surface area contributed by atoms with Crippen molar-refractivity contribution >= 4 is 11.5 Å². The number of anilines is 1. The minimum Gasteiger partial charge on any atom is -0.496 e. The predicted octanol–water partition coefficient (Wildman–Crippen LogP) is 2.95. The van der Waals surface area contributed by atoms with Gasteiger partial charge in [0, 0.05) is 35.6 Å². The Bertz CT molecular complexity index is 1050. The number of benzene rings is 1. The first-order valence-corrected chi connectivity index (χ1v) is 7.91. The molecule has 3 aromatic heterocycles. The van der Waals surface area contributed by atoms with Gasteiger partial charge in [-0.3, -0.25) is 4.40 Å². The quantitative estimate of drug-likeness (QED) is 0.596. The number of aromatic nitrogens is 5. The van der Waals surface area contributed by atoms with Crippen molar-refractivity contribution in [3.8, 4) is 16.9 Å². The van der Waals surface area contributed by atoms with Gasteiger partial charge >= 0.3 is 0 Å². The van der Waals surface area contributed by atoms with Gasteiger partial charge in [-0.25, -0.2) is 14.4 Å². The van der Waals surface area contributed by atoms with Crippen LogP contribution in [-0.4, -0.2) is 31.7 Å². The van der Waals surface area contributed by atoms with E-state index < -0.39 is 0 Å². The molecule has 4 aromatic rings. The van der Waals surface area contributed by atoms with Gasteiger partial charge in [0.05, 0.1) is 7.11 Å². The van der Waals surface area contributed by atoms with Crippen LogP contribution in [0, 0.1) is 5.82 Å². The summed E-state index contributed by atoms with van der Waals surface area (Å²) < 4.78 is 21.2. The Hall–Kier alpha value is -3.55. The van der Waals surface area contributed by atoms with Crippen LogP contribution in [-0.2, 0) is 6.54 Å². The van der Waals surface area contributed by atoms with E-state index in [2.05, 4.69) is 25.5 Å². The second-order valence-corrected chi connectivity index (χ2v) is 5.56. The molecular weight excluding hydrogens is 335 g/mol. The Morgan fingerprint density at radius 3 is 2.81 bits per heavy atom. The first-order valence-electron chi connectivity index (χ1n) is 7.91. The van der Waals surface area contributed by atoms with Crippen molar-refractivity contribution in [2.45, 2.75) is 6.54 Å². The van der Waals surface area contributed by atoms with Crippen LogP contribution in [0.25, 0.3) is 16.8 Å². The maximum Gasteiger partial charge on any atom is 0.170 e. The van der Waals surface area contributed by atoms with Gasteiger partial charge in [-0.1, -0.05) is 6.07 Å². The monoisotopic (exact) mass is 350 g/mol. The van der Waals surface area contributed by atoms with Crippen LogP contribution >= 0.6 is 0 Å². The molecule has 1 aromatic carbocycles. The van der Waals surface area contributed by atoms with Crippen LogP contribution in [0.2, 0.25) is 0 Å². The lowest BCUT2D eigenvalue weighted by Gasteiger charge is -2.13. The fourth-order valence-corrected chi connectivity index (χ4v) is 2.80. The van der Waals surface area contributed by atoms with Crippen LogP contribution in [0.5, 0.6) is 5.75 Å². The normalized spacial score (nSPS) is 10.8.